The molecule has 0 fully saturated rings. The van der Waals surface area contributed by atoms with E-state index in [2.05, 4.69) is 5.32 Å². The molecule has 47 heavy (non-hydrogen) atoms. The van der Waals surface area contributed by atoms with Crippen LogP contribution < -0.4 is 19.1 Å². The Labute approximate surface area is 275 Å². The first kappa shape index (κ1) is 33.5. The second-order valence-corrected chi connectivity index (χ2v) is 13.2. The summed E-state index contributed by atoms with van der Waals surface area (Å²) in [5.41, 5.74) is 1.68. The molecular weight excluding hydrogens is 621 g/mol. The molecule has 2 amide bonds. The lowest BCUT2D eigenvalue weighted by atomic mass is 10.0. The van der Waals surface area contributed by atoms with Gasteiger partial charge >= 0.3 is 0 Å². The molecule has 9 nitrogen and oxygen atoms in total. The Morgan fingerprint density at radius 1 is 0.851 bits per heavy atom. The highest BCUT2D eigenvalue weighted by molar-refractivity contribution is 7.92. The first-order chi connectivity index (χ1) is 22.7. The summed E-state index contributed by atoms with van der Waals surface area (Å²) in [5.74, 6) is -0.857. The molecule has 0 radical (unpaired) electrons. The Hall–Kier alpha value is -4.90. The minimum Gasteiger partial charge on any atom is -0.486 e. The number of ether oxygens (including phenoxy) is 2. The second kappa shape index (κ2) is 15.1. The summed E-state index contributed by atoms with van der Waals surface area (Å²) < 4.78 is 54.7. The predicted octanol–water partition coefficient (Wildman–Crippen LogP) is 5.35. The summed E-state index contributed by atoms with van der Waals surface area (Å²) in [4.78, 5) is 29.7. The van der Waals surface area contributed by atoms with Gasteiger partial charge in [0, 0.05) is 25.1 Å². The molecule has 1 aliphatic rings. The van der Waals surface area contributed by atoms with Gasteiger partial charge < -0.3 is 19.7 Å². The Kier molecular flexibility index (Phi) is 10.8. The number of amides is 2. The van der Waals surface area contributed by atoms with Gasteiger partial charge in [0.05, 0.1) is 10.6 Å². The quantitative estimate of drug-likeness (QED) is 0.208. The number of carbonyl (C=O) groups is 2. The molecule has 0 aromatic heterocycles. The zero-order valence-corrected chi connectivity index (χ0v) is 27.2. The number of hydrogen-bond donors (Lipinski definition) is 1. The van der Waals surface area contributed by atoms with E-state index in [1.807, 2.05) is 74.5 Å². The average molecular weight is 660 g/mol. The molecule has 0 bridgehead atoms. The zero-order chi connectivity index (χ0) is 33.4. The normalized spacial score (nSPS) is 13.7. The molecule has 2 atom stereocenters. The molecule has 1 N–H and O–H groups in total. The van der Waals surface area contributed by atoms with E-state index in [-0.39, 0.29) is 47.9 Å². The highest BCUT2D eigenvalue weighted by Crippen LogP contribution is 2.34. The van der Waals surface area contributed by atoms with Gasteiger partial charge in [-0.15, -0.1) is 0 Å². The summed E-state index contributed by atoms with van der Waals surface area (Å²) in [6.07, 6.45) is 0.885. The van der Waals surface area contributed by atoms with Crippen molar-refractivity contribution in [2.45, 2.75) is 50.2 Å². The second-order valence-electron chi connectivity index (χ2n) is 11.3. The predicted molar refractivity (Wildman–Crippen MR) is 177 cm³/mol. The van der Waals surface area contributed by atoms with Crippen LogP contribution in [0.4, 0.5) is 10.1 Å². The van der Waals surface area contributed by atoms with Crippen LogP contribution in [0.15, 0.2) is 108 Å². The van der Waals surface area contributed by atoms with E-state index < -0.39 is 34.3 Å². The fraction of sp³-hybridized carbons (Fsp3) is 0.278. The van der Waals surface area contributed by atoms with E-state index in [0.717, 1.165) is 27.6 Å². The molecule has 4 aromatic carbocycles. The van der Waals surface area contributed by atoms with Crippen molar-refractivity contribution in [3.63, 3.8) is 0 Å². The van der Waals surface area contributed by atoms with Crippen LogP contribution in [0.25, 0.3) is 0 Å². The minimum atomic E-state index is -4.40. The maximum absolute atomic E-state index is 14.5. The molecule has 11 heteroatoms. The molecule has 5 rings (SSSR count). The highest BCUT2D eigenvalue weighted by Gasteiger charge is 2.35. The number of nitrogens with zero attached hydrogens (tertiary/aromatic N) is 2. The van der Waals surface area contributed by atoms with Crippen LogP contribution in [0.5, 0.6) is 11.5 Å². The maximum Gasteiger partial charge on any atom is 0.264 e. The Balaban J connectivity index is 1.56. The van der Waals surface area contributed by atoms with Gasteiger partial charge in [-0.25, -0.2) is 12.8 Å². The van der Waals surface area contributed by atoms with Crippen molar-refractivity contribution in [3.8, 4) is 11.5 Å². The lowest BCUT2D eigenvalue weighted by Crippen LogP contribution is -2.54. The summed E-state index contributed by atoms with van der Waals surface area (Å²) in [5, 5.41) is 3.02. The number of benzene rings is 4. The number of halogens is 1. The minimum absolute atomic E-state index is 0.0480. The first-order valence-electron chi connectivity index (χ1n) is 15.5. The van der Waals surface area contributed by atoms with E-state index >= 15 is 0 Å². The first-order valence-corrected chi connectivity index (χ1v) is 17.0. The number of fused-ring (bicyclic) bond motifs is 1. The van der Waals surface area contributed by atoms with Crippen molar-refractivity contribution in [1.29, 1.82) is 0 Å². The van der Waals surface area contributed by atoms with Gasteiger partial charge in [0.2, 0.25) is 11.8 Å². The third-order valence-corrected chi connectivity index (χ3v) is 9.73. The average Bonchev–Trinajstić information content (AvgIpc) is 3.09. The van der Waals surface area contributed by atoms with Crippen LogP contribution in [-0.2, 0) is 32.6 Å². The van der Waals surface area contributed by atoms with Crippen molar-refractivity contribution in [2.24, 2.45) is 0 Å². The molecular formula is C36H38FN3O6S. The zero-order valence-electron chi connectivity index (χ0n) is 26.3. The van der Waals surface area contributed by atoms with Crippen LogP contribution in [-0.4, -0.2) is 57.0 Å². The molecule has 246 valence electrons. The molecule has 0 saturated heterocycles. The molecule has 1 aliphatic heterocycles. The van der Waals surface area contributed by atoms with Crippen molar-refractivity contribution in [1.82, 2.24) is 10.2 Å². The number of anilines is 1. The van der Waals surface area contributed by atoms with Crippen LogP contribution in [0.3, 0.4) is 0 Å². The lowest BCUT2D eigenvalue weighted by Gasteiger charge is -2.34. The van der Waals surface area contributed by atoms with E-state index in [4.69, 9.17) is 9.47 Å². The van der Waals surface area contributed by atoms with Crippen molar-refractivity contribution >= 4 is 27.5 Å². The monoisotopic (exact) mass is 659 g/mol. The SMILES string of the molecule is CCC(C)NC(=O)C(Cc1ccccc1)N(Cc1ccccc1)C(=O)CN(c1ccc(F)cc1)S(=O)(=O)c1ccc2c(c1)OCCO2. The van der Waals surface area contributed by atoms with Crippen molar-refractivity contribution in [2.75, 3.05) is 24.1 Å². The molecule has 0 spiro atoms. The van der Waals surface area contributed by atoms with Gasteiger partial charge in [0.1, 0.15) is 31.6 Å². The van der Waals surface area contributed by atoms with E-state index in [1.54, 1.807) is 0 Å². The van der Waals surface area contributed by atoms with E-state index in [1.165, 1.54) is 35.2 Å². The molecule has 1 heterocycles. The van der Waals surface area contributed by atoms with Crippen LogP contribution in [0.1, 0.15) is 31.4 Å². The number of sulfonamides is 1. The topological polar surface area (TPSA) is 105 Å². The lowest BCUT2D eigenvalue weighted by molar-refractivity contribution is -0.140. The van der Waals surface area contributed by atoms with Crippen molar-refractivity contribution in [3.05, 3.63) is 120 Å². The van der Waals surface area contributed by atoms with Gasteiger partial charge in [-0.3, -0.25) is 13.9 Å². The van der Waals surface area contributed by atoms with Gasteiger partial charge in [-0.1, -0.05) is 67.6 Å². The fourth-order valence-corrected chi connectivity index (χ4v) is 6.65. The Morgan fingerprint density at radius 2 is 1.47 bits per heavy atom. The Morgan fingerprint density at radius 3 is 2.11 bits per heavy atom. The third kappa shape index (κ3) is 8.28. The smallest absolute Gasteiger partial charge is 0.264 e. The van der Waals surface area contributed by atoms with Gasteiger partial charge in [-0.05, 0) is 60.9 Å². The fourth-order valence-electron chi connectivity index (χ4n) is 5.22. The van der Waals surface area contributed by atoms with E-state index in [9.17, 15) is 22.4 Å². The maximum atomic E-state index is 14.5. The summed E-state index contributed by atoms with van der Waals surface area (Å²) >= 11 is 0. The number of nitrogens with one attached hydrogen (secondary N) is 1. The van der Waals surface area contributed by atoms with E-state index in [0.29, 0.717) is 18.8 Å². The highest BCUT2D eigenvalue weighted by atomic mass is 32.2. The Bertz CT molecular complexity index is 1770. The number of carbonyl (C=O) groups excluding carboxylic acids is 2. The standard InChI is InChI=1S/C36H38FN3O6S/c1-3-26(2)38-36(42)32(22-27-10-6-4-7-11-27)39(24-28-12-8-5-9-13-28)35(41)25-40(30-16-14-29(37)15-17-30)47(43,44)31-18-19-33-34(23-31)46-21-20-45-33/h4-19,23,26,32H,3,20-22,24-25H2,1-2H3,(H,38,42). The van der Waals surface area contributed by atoms with Gasteiger partial charge in [0.15, 0.2) is 11.5 Å². The summed E-state index contributed by atoms with van der Waals surface area (Å²) in [6.45, 7) is 3.82. The summed E-state index contributed by atoms with van der Waals surface area (Å²) in [6, 6.07) is 26.5. The molecule has 2 unspecified atom stereocenters. The third-order valence-electron chi connectivity index (χ3n) is 7.96. The van der Waals surface area contributed by atoms with Gasteiger partial charge in [-0.2, -0.15) is 0 Å². The largest absolute Gasteiger partial charge is 0.486 e. The molecule has 0 saturated carbocycles. The number of rotatable bonds is 13. The van der Waals surface area contributed by atoms with Crippen molar-refractivity contribution < 1.29 is 31.9 Å². The molecule has 4 aromatic rings. The van der Waals surface area contributed by atoms with Crippen LogP contribution >= 0.6 is 0 Å². The number of hydrogen-bond acceptors (Lipinski definition) is 6. The van der Waals surface area contributed by atoms with Crippen LogP contribution in [0, 0.1) is 5.82 Å². The van der Waals surface area contributed by atoms with Crippen LogP contribution in [0.2, 0.25) is 0 Å². The summed E-state index contributed by atoms with van der Waals surface area (Å²) in [7, 11) is -4.40. The van der Waals surface area contributed by atoms with Gasteiger partial charge in [0.25, 0.3) is 10.0 Å². The molecule has 0 aliphatic carbocycles.